The van der Waals surface area contributed by atoms with Crippen molar-refractivity contribution in [1.82, 2.24) is 4.90 Å². The predicted octanol–water partition coefficient (Wildman–Crippen LogP) is 2.30. The van der Waals surface area contributed by atoms with E-state index in [4.69, 9.17) is 14.6 Å². The molecule has 1 N–H and O–H groups in total. The summed E-state index contributed by atoms with van der Waals surface area (Å²) in [6.07, 6.45) is 1.58. The standard InChI is InChI=1S/C14H22N2O3/c1-5-18-12(17)9-16(4)8-11-6-7-19-14(11)13(15)10(2)3/h6-7,10,15H,5,8-9H2,1-4H3. The van der Waals surface area contributed by atoms with Crippen molar-refractivity contribution in [2.24, 2.45) is 5.92 Å². The Kier molecular flexibility index (Phi) is 5.76. The van der Waals surface area contributed by atoms with Gasteiger partial charge in [-0.25, -0.2) is 0 Å². The monoisotopic (exact) mass is 266 g/mol. The van der Waals surface area contributed by atoms with Gasteiger partial charge in [-0.15, -0.1) is 0 Å². The number of carbonyl (C=O) groups excluding carboxylic acids is 1. The van der Waals surface area contributed by atoms with E-state index in [1.807, 2.05) is 31.9 Å². The maximum atomic E-state index is 11.4. The first-order valence-electron chi connectivity index (χ1n) is 6.45. The van der Waals surface area contributed by atoms with Crippen LogP contribution in [0.5, 0.6) is 0 Å². The van der Waals surface area contributed by atoms with Crippen molar-refractivity contribution >= 4 is 11.7 Å². The van der Waals surface area contributed by atoms with Crippen LogP contribution in [0, 0.1) is 11.3 Å². The molecule has 5 heteroatoms. The zero-order valence-electron chi connectivity index (χ0n) is 12.0. The lowest BCUT2D eigenvalue weighted by Gasteiger charge is -2.16. The lowest BCUT2D eigenvalue weighted by molar-refractivity contribution is -0.144. The minimum absolute atomic E-state index is 0.111. The Balaban J connectivity index is 2.65. The van der Waals surface area contributed by atoms with E-state index in [0.29, 0.717) is 24.6 Å². The summed E-state index contributed by atoms with van der Waals surface area (Å²) >= 11 is 0. The normalized spacial score (nSPS) is 11.1. The predicted molar refractivity (Wildman–Crippen MR) is 73.3 cm³/mol. The highest BCUT2D eigenvalue weighted by atomic mass is 16.5. The third-order valence-electron chi connectivity index (χ3n) is 2.71. The van der Waals surface area contributed by atoms with Gasteiger partial charge in [-0.1, -0.05) is 13.8 Å². The molecule has 5 nitrogen and oxygen atoms in total. The van der Waals surface area contributed by atoms with Gasteiger partial charge in [0.15, 0.2) is 5.76 Å². The largest absolute Gasteiger partial charge is 0.465 e. The molecule has 1 aromatic rings. The Hall–Kier alpha value is -1.62. The highest BCUT2D eigenvalue weighted by molar-refractivity contribution is 5.98. The lowest BCUT2D eigenvalue weighted by atomic mass is 10.0. The summed E-state index contributed by atoms with van der Waals surface area (Å²) in [5, 5.41) is 7.99. The second kappa shape index (κ2) is 7.09. The van der Waals surface area contributed by atoms with Gasteiger partial charge in [-0.05, 0) is 26.0 Å². The van der Waals surface area contributed by atoms with Crippen molar-refractivity contribution in [2.45, 2.75) is 27.3 Å². The molecule has 0 amide bonds. The van der Waals surface area contributed by atoms with Crippen molar-refractivity contribution in [3.05, 3.63) is 23.7 Å². The summed E-state index contributed by atoms with van der Waals surface area (Å²) in [4.78, 5) is 13.2. The molecule has 0 aliphatic heterocycles. The summed E-state index contributed by atoms with van der Waals surface area (Å²) in [6.45, 7) is 6.87. The number of furan rings is 1. The van der Waals surface area contributed by atoms with Crippen LogP contribution >= 0.6 is 0 Å². The van der Waals surface area contributed by atoms with Gasteiger partial charge in [0.2, 0.25) is 0 Å². The third kappa shape index (κ3) is 4.52. The fourth-order valence-corrected chi connectivity index (χ4v) is 1.73. The fraction of sp³-hybridized carbons (Fsp3) is 0.571. The first-order valence-corrected chi connectivity index (χ1v) is 6.45. The van der Waals surface area contributed by atoms with Gasteiger partial charge in [-0.3, -0.25) is 9.69 Å². The Morgan fingerprint density at radius 2 is 2.21 bits per heavy atom. The molecule has 0 aliphatic carbocycles. The number of rotatable bonds is 7. The van der Waals surface area contributed by atoms with Crippen LogP contribution in [0.3, 0.4) is 0 Å². The Morgan fingerprint density at radius 3 is 2.79 bits per heavy atom. The molecule has 19 heavy (non-hydrogen) atoms. The summed E-state index contributed by atoms with van der Waals surface area (Å²) in [5.74, 6) is 0.472. The first kappa shape index (κ1) is 15.4. The van der Waals surface area contributed by atoms with Gasteiger partial charge in [0.25, 0.3) is 0 Å². The average Bonchev–Trinajstić information content (AvgIpc) is 2.75. The van der Waals surface area contributed by atoms with E-state index in [-0.39, 0.29) is 18.4 Å². The number of likely N-dealkylation sites (N-methyl/N-ethyl adjacent to an activating group) is 1. The first-order chi connectivity index (χ1) is 8.95. The van der Waals surface area contributed by atoms with Gasteiger partial charge in [0.1, 0.15) is 0 Å². The smallest absolute Gasteiger partial charge is 0.320 e. The van der Waals surface area contributed by atoms with Gasteiger partial charge in [-0.2, -0.15) is 0 Å². The molecule has 0 bridgehead atoms. The molecule has 1 heterocycles. The molecule has 1 aromatic heterocycles. The zero-order chi connectivity index (χ0) is 14.4. The van der Waals surface area contributed by atoms with Crippen LogP contribution < -0.4 is 0 Å². The highest BCUT2D eigenvalue weighted by Crippen LogP contribution is 2.17. The van der Waals surface area contributed by atoms with Crippen molar-refractivity contribution in [3.8, 4) is 0 Å². The Morgan fingerprint density at radius 1 is 1.53 bits per heavy atom. The molecule has 0 aromatic carbocycles. The molecule has 0 unspecified atom stereocenters. The van der Waals surface area contributed by atoms with Crippen LogP contribution in [-0.2, 0) is 16.1 Å². The van der Waals surface area contributed by atoms with E-state index in [2.05, 4.69) is 0 Å². The molecule has 106 valence electrons. The molecule has 0 aliphatic rings. The van der Waals surface area contributed by atoms with Crippen LogP contribution in [0.15, 0.2) is 16.7 Å². The quantitative estimate of drug-likeness (QED) is 0.607. The maximum Gasteiger partial charge on any atom is 0.320 e. The number of hydrogen-bond acceptors (Lipinski definition) is 5. The second-order valence-electron chi connectivity index (χ2n) is 4.82. The topological polar surface area (TPSA) is 66.5 Å². The third-order valence-corrected chi connectivity index (χ3v) is 2.71. The molecular formula is C14H22N2O3. The minimum atomic E-state index is -0.242. The fourth-order valence-electron chi connectivity index (χ4n) is 1.73. The number of nitrogens with one attached hydrogen (secondary N) is 1. The van der Waals surface area contributed by atoms with Gasteiger partial charge in [0, 0.05) is 12.1 Å². The van der Waals surface area contributed by atoms with Crippen LogP contribution in [0.25, 0.3) is 0 Å². The van der Waals surface area contributed by atoms with E-state index < -0.39 is 0 Å². The van der Waals surface area contributed by atoms with Gasteiger partial charge >= 0.3 is 5.97 Å². The van der Waals surface area contributed by atoms with E-state index in [9.17, 15) is 4.79 Å². The van der Waals surface area contributed by atoms with Crippen LogP contribution in [-0.4, -0.2) is 36.8 Å². The van der Waals surface area contributed by atoms with Gasteiger partial charge < -0.3 is 14.6 Å². The molecule has 1 rings (SSSR count). The molecule has 0 saturated heterocycles. The average molecular weight is 266 g/mol. The van der Waals surface area contributed by atoms with Gasteiger partial charge in [0.05, 0.1) is 25.1 Å². The Bertz CT molecular complexity index is 438. The van der Waals surface area contributed by atoms with Crippen molar-refractivity contribution in [3.63, 3.8) is 0 Å². The Labute approximate surface area is 114 Å². The van der Waals surface area contributed by atoms with Crippen molar-refractivity contribution in [2.75, 3.05) is 20.2 Å². The molecule has 0 fully saturated rings. The molecule has 0 radical (unpaired) electrons. The van der Waals surface area contributed by atoms with E-state index in [1.165, 1.54) is 0 Å². The van der Waals surface area contributed by atoms with Crippen molar-refractivity contribution < 1.29 is 13.9 Å². The minimum Gasteiger partial charge on any atom is -0.465 e. The SMILES string of the molecule is CCOC(=O)CN(C)Cc1ccoc1C(=N)C(C)C. The maximum absolute atomic E-state index is 11.4. The van der Waals surface area contributed by atoms with E-state index in [0.717, 1.165) is 5.56 Å². The molecule has 0 atom stereocenters. The molecule has 0 spiro atoms. The zero-order valence-corrected chi connectivity index (χ0v) is 12.0. The van der Waals surface area contributed by atoms with Crippen LogP contribution in [0.1, 0.15) is 32.1 Å². The van der Waals surface area contributed by atoms with Crippen LogP contribution in [0.4, 0.5) is 0 Å². The number of ether oxygens (including phenoxy) is 1. The summed E-state index contributed by atoms with van der Waals surface area (Å²) in [5.41, 5.74) is 1.40. The summed E-state index contributed by atoms with van der Waals surface area (Å²) in [6, 6.07) is 1.84. The second-order valence-corrected chi connectivity index (χ2v) is 4.82. The highest BCUT2D eigenvalue weighted by Gasteiger charge is 2.17. The number of nitrogens with zero attached hydrogens (tertiary/aromatic N) is 1. The van der Waals surface area contributed by atoms with Crippen LogP contribution in [0.2, 0.25) is 0 Å². The van der Waals surface area contributed by atoms with E-state index in [1.54, 1.807) is 13.2 Å². The molecular weight excluding hydrogens is 244 g/mol. The number of esters is 1. The summed E-state index contributed by atoms with van der Waals surface area (Å²) in [7, 11) is 1.84. The number of carbonyl (C=O) groups is 1. The van der Waals surface area contributed by atoms with E-state index >= 15 is 0 Å². The summed E-state index contributed by atoms with van der Waals surface area (Å²) < 4.78 is 10.3. The number of hydrogen-bond donors (Lipinski definition) is 1. The lowest BCUT2D eigenvalue weighted by Crippen LogP contribution is -2.27. The van der Waals surface area contributed by atoms with Crippen molar-refractivity contribution in [1.29, 1.82) is 5.41 Å². The molecule has 0 saturated carbocycles.